The van der Waals surface area contributed by atoms with Crippen LogP contribution in [0.15, 0.2) is 29.4 Å². The van der Waals surface area contributed by atoms with E-state index in [1.807, 2.05) is 31.2 Å². The summed E-state index contributed by atoms with van der Waals surface area (Å²) in [5.41, 5.74) is 0.804. The van der Waals surface area contributed by atoms with Gasteiger partial charge in [-0.2, -0.15) is 0 Å². The lowest BCUT2D eigenvalue weighted by atomic mass is 10.3. The first-order valence-electron chi connectivity index (χ1n) is 5.21. The summed E-state index contributed by atoms with van der Waals surface area (Å²) in [5, 5.41) is 10.1. The number of aromatic amines is 1. The minimum Gasteiger partial charge on any atom is -0.325 e. The molecule has 1 aromatic heterocycles. The summed E-state index contributed by atoms with van der Waals surface area (Å²) in [4.78, 5) is 15.8. The number of amides is 1. The van der Waals surface area contributed by atoms with Crippen molar-refractivity contribution < 1.29 is 4.79 Å². The maximum Gasteiger partial charge on any atom is 0.234 e. The molecule has 0 atom stereocenters. The van der Waals surface area contributed by atoms with Gasteiger partial charge in [-0.25, -0.2) is 4.98 Å². The second kappa shape index (κ2) is 6.19. The van der Waals surface area contributed by atoms with Crippen molar-refractivity contribution >= 4 is 45.9 Å². The summed E-state index contributed by atoms with van der Waals surface area (Å²) in [6, 6.07) is 7.66. The van der Waals surface area contributed by atoms with Gasteiger partial charge in [-0.1, -0.05) is 17.8 Å². The van der Waals surface area contributed by atoms with E-state index in [1.165, 1.54) is 11.8 Å². The van der Waals surface area contributed by atoms with Crippen LogP contribution in [0.4, 0.5) is 5.69 Å². The molecule has 1 amide bonds. The van der Waals surface area contributed by atoms with Gasteiger partial charge < -0.3 is 5.32 Å². The zero-order chi connectivity index (χ0) is 13.0. The van der Waals surface area contributed by atoms with Crippen LogP contribution >= 0.6 is 34.4 Å². The normalized spacial score (nSPS) is 10.3. The Kier molecular flexibility index (Phi) is 4.59. The number of carbonyl (C=O) groups is 1. The van der Waals surface area contributed by atoms with Gasteiger partial charge in [0.25, 0.3) is 0 Å². The monoisotopic (exact) mass is 374 g/mol. The fourth-order valence-electron chi connectivity index (χ4n) is 1.28. The molecule has 5 nitrogen and oxygen atoms in total. The molecule has 94 valence electrons. The fraction of sp³-hybridized carbons (Fsp3) is 0.182. The summed E-state index contributed by atoms with van der Waals surface area (Å²) < 4.78 is 1.09. The van der Waals surface area contributed by atoms with Crippen LogP contribution in [0.25, 0.3) is 0 Å². The van der Waals surface area contributed by atoms with Crippen molar-refractivity contribution in [3.63, 3.8) is 0 Å². The molecule has 1 heterocycles. The Hall–Kier alpha value is -1.09. The molecule has 0 spiro atoms. The lowest BCUT2D eigenvalue weighted by Crippen LogP contribution is -2.14. The Balaban J connectivity index is 1.85. The Morgan fingerprint density at radius 2 is 2.39 bits per heavy atom. The standard InChI is InChI=1S/C11H11IN4OS/c1-7-13-11(16-15-7)18-6-10(17)14-9-4-2-3-8(12)5-9/h2-5H,6H2,1H3,(H,14,17)(H,13,15,16). The van der Waals surface area contributed by atoms with Crippen LogP contribution in [0.5, 0.6) is 0 Å². The van der Waals surface area contributed by atoms with Crippen LogP contribution in [-0.4, -0.2) is 26.8 Å². The highest BCUT2D eigenvalue weighted by Gasteiger charge is 2.06. The van der Waals surface area contributed by atoms with Gasteiger partial charge in [-0.3, -0.25) is 9.89 Å². The topological polar surface area (TPSA) is 70.7 Å². The largest absolute Gasteiger partial charge is 0.325 e. The molecular weight excluding hydrogens is 363 g/mol. The maximum absolute atomic E-state index is 11.7. The van der Waals surface area contributed by atoms with Gasteiger partial charge in [0.05, 0.1) is 5.75 Å². The predicted molar refractivity (Wildman–Crippen MR) is 79.6 cm³/mol. The van der Waals surface area contributed by atoms with Crippen molar-refractivity contribution in [2.45, 2.75) is 12.1 Å². The fourth-order valence-corrected chi connectivity index (χ4v) is 2.47. The summed E-state index contributed by atoms with van der Waals surface area (Å²) in [7, 11) is 0. The van der Waals surface area contributed by atoms with E-state index in [1.54, 1.807) is 0 Å². The highest BCUT2D eigenvalue weighted by atomic mass is 127. The molecule has 0 bridgehead atoms. The molecule has 2 N–H and O–H groups in total. The SMILES string of the molecule is Cc1nc(SCC(=O)Nc2cccc(I)c2)n[nH]1. The average Bonchev–Trinajstić information content (AvgIpc) is 2.73. The third kappa shape index (κ3) is 3.98. The third-order valence-electron chi connectivity index (χ3n) is 2.02. The molecule has 7 heteroatoms. The van der Waals surface area contributed by atoms with Crippen LogP contribution in [-0.2, 0) is 4.79 Å². The van der Waals surface area contributed by atoms with Gasteiger partial charge in [-0.15, -0.1) is 5.10 Å². The Morgan fingerprint density at radius 3 is 3.06 bits per heavy atom. The molecule has 0 radical (unpaired) electrons. The minimum atomic E-state index is -0.0653. The number of nitrogens with zero attached hydrogens (tertiary/aromatic N) is 2. The number of anilines is 1. The number of thioether (sulfide) groups is 1. The van der Waals surface area contributed by atoms with Crippen molar-refractivity contribution in [2.24, 2.45) is 0 Å². The molecule has 2 aromatic rings. The number of benzene rings is 1. The minimum absolute atomic E-state index is 0.0653. The molecule has 0 aliphatic carbocycles. The highest BCUT2D eigenvalue weighted by Crippen LogP contribution is 2.15. The highest BCUT2D eigenvalue weighted by molar-refractivity contribution is 14.1. The van der Waals surface area contributed by atoms with Crippen molar-refractivity contribution in [1.29, 1.82) is 0 Å². The molecule has 0 saturated carbocycles. The molecule has 0 saturated heterocycles. The number of carbonyl (C=O) groups excluding carboxylic acids is 1. The third-order valence-corrected chi connectivity index (χ3v) is 3.54. The van der Waals surface area contributed by atoms with Crippen molar-refractivity contribution in [3.8, 4) is 0 Å². The van der Waals surface area contributed by atoms with E-state index in [-0.39, 0.29) is 5.91 Å². The van der Waals surface area contributed by atoms with Crippen LogP contribution in [0.1, 0.15) is 5.82 Å². The summed E-state index contributed by atoms with van der Waals surface area (Å²) in [5.74, 6) is 0.975. The van der Waals surface area contributed by atoms with E-state index < -0.39 is 0 Å². The summed E-state index contributed by atoms with van der Waals surface area (Å²) in [6.07, 6.45) is 0. The molecule has 0 unspecified atom stereocenters. The number of hydrogen-bond donors (Lipinski definition) is 2. The summed E-state index contributed by atoms with van der Waals surface area (Å²) in [6.45, 7) is 1.82. The van der Waals surface area contributed by atoms with Gasteiger partial charge in [0, 0.05) is 9.26 Å². The van der Waals surface area contributed by atoms with Gasteiger partial charge in [0.1, 0.15) is 5.82 Å². The lowest BCUT2D eigenvalue weighted by molar-refractivity contribution is -0.113. The van der Waals surface area contributed by atoms with Gasteiger partial charge in [0.2, 0.25) is 11.1 Å². The first kappa shape index (κ1) is 13.3. The smallest absolute Gasteiger partial charge is 0.234 e. The average molecular weight is 374 g/mol. The van der Waals surface area contributed by atoms with E-state index in [0.29, 0.717) is 10.9 Å². The molecule has 0 aliphatic heterocycles. The summed E-state index contributed by atoms with van der Waals surface area (Å²) >= 11 is 3.51. The van der Waals surface area contributed by atoms with E-state index >= 15 is 0 Å². The number of halogens is 1. The first-order valence-corrected chi connectivity index (χ1v) is 7.27. The van der Waals surface area contributed by atoms with E-state index in [4.69, 9.17) is 0 Å². The Morgan fingerprint density at radius 1 is 1.56 bits per heavy atom. The van der Waals surface area contributed by atoms with Crippen LogP contribution < -0.4 is 5.32 Å². The molecule has 0 fully saturated rings. The lowest BCUT2D eigenvalue weighted by Gasteiger charge is -2.04. The number of H-pyrrole nitrogens is 1. The first-order chi connectivity index (χ1) is 8.63. The van der Waals surface area contributed by atoms with Crippen molar-refractivity contribution in [2.75, 3.05) is 11.1 Å². The van der Waals surface area contributed by atoms with E-state index in [0.717, 1.165) is 15.1 Å². The van der Waals surface area contributed by atoms with Crippen molar-refractivity contribution in [3.05, 3.63) is 33.7 Å². The number of hydrogen-bond acceptors (Lipinski definition) is 4. The maximum atomic E-state index is 11.7. The quantitative estimate of drug-likeness (QED) is 0.637. The zero-order valence-corrected chi connectivity index (χ0v) is 12.6. The predicted octanol–water partition coefficient (Wildman–Crippen LogP) is 2.45. The zero-order valence-electron chi connectivity index (χ0n) is 9.61. The number of aromatic nitrogens is 3. The molecule has 2 rings (SSSR count). The van der Waals surface area contributed by atoms with Crippen LogP contribution in [0.3, 0.4) is 0 Å². The molecule has 1 aromatic carbocycles. The molecular formula is C11H11IN4OS. The van der Waals surface area contributed by atoms with Gasteiger partial charge >= 0.3 is 0 Å². The second-order valence-electron chi connectivity index (χ2n) is 3.55. The van der Waals surface area contributed by atoms with Crippen molar-refractivity contribution in [1.82, 2.24) is 15.2 Å². The molecule has 18 heavy (non-hydrogen) atoms. The van der Waals surface area contributed by atoms with E-state index in [9.17, 15) is 4.79 Å². The van der Waals surface area contributed by atoms with Gasteiger partial charge in [0.15, 0.2) is 0 Å². The number of aryl methyl sites for hydroxylation is 1. The molecule has 0 aliphatic rings. The number of rotatable bonds is 4. The van der Waals surface area contributed by atoms with Crippen LogP contribution in [0, 0.1) is 10.5 Å². The second-order valence-corrected chi connectivity index (χ2v) is 5.74. The Bertz CT molecular complexity index is 557. The Labute approximate surface area is 122 Å². The van der Waals surface area contributed by atoms with Gasteiger partial charge in [-0.05, 0) is 47.7 Å². The van der Waals surface area contributed by atoms with E-state index in [2.05, 4.69) is 43.1 Å². The number of nitrogens with one attached hydrogen (secondary N) is 2. The van der Waals surface area contributed by atoms with Crippen LogP contribution in [0.2, 0.25) is 0 Å².